The highest BCUT2D eigenvalue weighted by Gasteiger charge is 2.27. The fourth-order valence-electron chi connectivity index (χ4n) is 2.73. The zero-order chi connectivity index (χ0) is 13.6. The summed E-state index contributed by atoms with van der Waals surface area (Å²) in [6.07, 6.45) is 2.09. The number of carbonyl (C=O) groups excluding carboxylic acids is 1. The lowest BCUT2D eigenvalue weighted by Crippen LogP contribution is -2.14. The SMILES string of the molecule is C=Cc1c(F)cc(C(N)=O)c2c1-c1ccccc1C2. The summed E-state index contributed by atoms with van der Waals surface area (Å²) in [6.45, 7) is 3.66. The summed E-state index contributed by atoms with van der Waals surface area (Å²) in [6, 6.07) is 8.95. The molecule has 0 saturated heterocycles. The Hall–Kier alpha value is -2.42. The molecular formula is C16H12FNO. The maximum Gasteiger partial charge on any atom is 0.249 e. The highest BCUT2D eigenvalue weighted by atomic mass is 19.1. The van der Waals surface area contributed by atoms with E-state index in [1.54, 1.807) is 0 Å². The van der Waals surface area contributed by atoms with E-state index in [2.05, 4.69) is 6.58 Å². The van der Waals surface area contributed by atoms with Crippen LogP contribution in [0.4, 0.5) is 4.39 Å². The second-order valence-electron chi connectivity index (χ2n) is 4.58. The Morgan fingerprint density at radius 3 is 2.79 bits per heavy atom. The van der Waals surface area contributed by atoms with E-state index in [0.717, 1.165) is 22.3 Å². The third kappa shape index (κ3) is 1.58. The van der Waals surface area contributed by atoms with Gasteiger partial charge in [-0.25, -0.2) is 4.39 Å². The van der Waals surface area contributed by atoms with Crippen molar-refractivity contribution < 1.29 is 9.18 Å². The largest absolute Gasteiger partial charge is 0.366 e. The molecule has 0 saturated carbocycles. The van der Waals surface area contributed by atoms with Gasteiger partial charge >= 0.3 is 0 Å². The number of nitrogens with two attached hydrogens (primary N) is 1. The van der Waals surface area contributed by atoms with E-state index in [1.807, 2.05) is 24.3 Å². The summed E-state index contributed by atoms with van der Waals surface area (Å²) in [4.78, 5) is 11.5. The van der Waals surface area contributed by atoms with Crippen molar-refractivity contribution in [3.8, 4) is 11.1 Å². The van der Waals surface area contributed by atoms with Crippen LogP contribution in [0.5, 0.6) is 0 Å². The van der Waals surface area contributed by atoms with Crippen LogP contribution in [0.3, 0.4) is 0 Å². The van der Waals surface area contributed by atoms with Crippen LogP contribution < -0.4 is 5.73 Å². The van der Waals surface area contributed by atoms with Gasteiger partial charge in [0.15, 0.2) is 0 Å². The smallest absolute Gasteiger partial charge is 0.249 e. The summed E-state index contributed by atoms with van der Waals surface area (Å²) in [7, 11) is 0. The van der Waals surface area contributed by atoms with Crippen LogP contribution in [0.1, 0.15) is 27.0 Å². The third-order valence-corrected chi connectivity index (χ3v) is 3.55. The molecule has 0 aliphatic heterocycles. The second-order valence-corrected chi connectivity index (χ2v) is 4.58. The zero-order valence-corrected chi connectivity index (χ0v) is 10.2. The zero-order valence-electron chi connectivity index (χ0n) is 10.2. The Bertz CT molecular complexity index is 719. The predicted octanol–water partition coefficient (Wildman–Crippen LogP) is 3.14. The van der Waals surface area contributed by atoms with Gasteiger partial charge in [0.2, 0.25) is 5.91 Å². The van der Waals surface area contributed by atoms with E-state index in [-0.39, 0.29) is 5.56 Å². The number of carbonyl (C=O) groups is 1. The molecule has 2 aromatic rings. The quantitative estimate of drug-likeness (QED) is 0.749. The Kier molecular flexibility index (Phi) is 2.49. The summed E-state index contributed by atoms with van der Waals surface area (Å²) < 4.78 is 14.1. The van der Waals surface area contributed by atoms with Gasteiger partial charge in [0.25, 0.3) is 0 Å². The number of hydrogen-bond acceptors (Lipinski definition) is 1. The summed E-state index contributed by atoms with van der Waals surface area (Å²) >= 11 is 0. The van der Waals surface area contributed by atoms with Crippen molar-refractivity contribution in [1.82, 2.24) is 0 Å². The van der Waals surface area contributed by atoms with Crippen molar-refractivity contribution >= 4 is 12.0 Å². The number of fused-ring (bicyclic) bond motifs is 3. The normalized spacial score (nSPS) is 11.8. The molecule has 0 spiro atoms. The minimum atomic E-state index is -0.599. The molecule has 2 nitrogen and oxygen atoms in total. The van der Waals surface area contributed by atoms with Gasteiger partial charge in [-0.15, -0.1) is 0 Å². The lowest BCUT2D eigenvalue weighted by atomic mass is 9.95. The number of rotatable bonds is 2. The van der Waals surface area contributed by atoms with Crippen molar-refractivity contribution in [2.45, 2.75) is 6.42 Å². The van der Waals surface area contributed by atoms with Crippen LogP contribution in [0.15, 0.2) is 36.9 Å². The maximum absolute atomic E-state index is 14.1. The van der Waals surface area contributed by atoms with Gasteiger partial charge < -0.3 is 5.73 Å². The molecule has 0 radical (unpaired) electrons. The Balaban J connectivity index is 2.41. The van der Waals surface area contributed by atoms with Crippen molar-refractivity contribution in [2.24, 2.45) is 5.73 Å². The first-order valence-corrected chi connectivity index (χ1v) is 5.99. The first kappa shape index (κ1) is 11.7. The standard InChI is InChI=1S/C16H12FNO/c1-2-10-14(17)8-13(16(18)19)12-7-9-5-3-4-6-11(9)15(10)12/h2-6,8H,1,7H2,(H2,18,19). The molecule has 1 amide bonds. The van der Waals surface area contributed by atoms with Crippen LogP contribution in [0.2, 0.25) is 0 Å². The topological polar surface area (TPSA) is 43.1 Å². The molecule has 0 unspecified atom stereocenters. The molecule has 0 bridgehead atoms. The van der Waals surface area contributed by atoms with Crippen molar-refractivity contribution in [3.63, 3.8) is 0 Å². The van der Waals surface area contributed by atoms with Gasteiger partial charge in [0, 0.05) is 11.1 Å². The van der Waals surface area contributed by atoms with Crippen LogP contribution in [-0.2, 0) is 6.42 Å². The van der Waals surface area contributed by atoms with Gasteiger partial charge in [0.05, 0.1) is 0 Å². The van der Waals surface area contributed by atoms with E-state index < -0.39 is 11.7 Å². The Morgan fingerprint density at radius 1 is 1.37 bits per heavy atom. The Morgan fingerprint density at radius 2 is 2.11 bits per heavy atom. The molecule has 3 heteroatoms. The van der Waals surface area contributed by atoms with Crippen LogP contribution in [0.25, 0.3) is 17.2 Å². The number of halogens is 1. The molecule has 2 aromatic carbocycles. The second kappa shape index (κ2) is 4.05. The van der Waals surface area contributed by atoms with Crippen LogP contribution in [-0.4, -0.2) is 5.91 Å². The van der Waals surface area contributed by atoms with Crippen molar-refractivity contribution in [2.75, 3.05) is 0 Å². The van der Waals surface area contributed by atoms with E-state index in [1.165, 1.54) is 12.1 Å². The summed E-state index contributed by atoms with van der Waals surface area (Å²) in [5, 5.41) is 0. The van der Waals surface area contributed by atoms with E-state index in [0.29, 0.717) is 12.0 Å². The van der Waals surface area contributed by atoms with Crippen LogP contribution >= 0.6 is 0 Å². The van der Waals surface area contributed by atoms with E-state index in [9.17, 15) is 9.18 Å². The van der Waals surface area contributed by atoms with Gasteiger partial charge in [-0.1, -0.05) is 36.9 Å². The third-order valence-electron chi connectivity index (χ3n) is 3.55. The molecule has 2 N–H and O–H groups in total. The molecular weight excluding hydrogens is 241 g/mol. The molecule has 0 aromatic heterocycles. The fourth-order valence-corrected chi connectivity index (χ4v) is 2.73. The van der Waals surface area contributed by atoms with Gasteiger partial charge in [-0.3, -0.25) is 4.79 Å². The highest BCUT2D eigenvalue weighted by Crippen LogP contribution is 2.41. The number of benzene rings is 2. The predicted molar refractivity (Wildman–Crippen MR) is 73.3 cm³/mol. The maximum atomic E-state index is 14.1. The molecule has 94 valence electrons. The molecule has 1 aliphatic carbocycles. The molecule has 19 heavy (non-hydrogen) atoms. The minimum Gasteiger partial charge on any atom is -0.366 e. The van der Waals surface area contributed by atoms with Crippen molar-refractivity contribution in [1.29, 1.82) is 0 Å². The fraction of sp³-hybridized carbons (Fsp3) is 0.0625. The Labute approximate surface area is 110 Å². The van der Waals surface area contributed by atoms with Gasteiger partial charge in [-0.2, -0.15) is 0 Å². The first-order chi connectivity index (χ1) is 9.13. The molecule has 0 atom stereocenters. The average molecular weight is 253 g/mol. The lowest BCUT2D eigenvalue weighted by molar-refractivity contribution is 0.0999. The number of hydrogen-bond donors (Lipinski definition) is 1. The first-order valence-electron chi connectivity index (χ1n) is 5.99. The van der Waals surface area contributed by atoms with E-state index >= 15 is 0 Å². The lowest BCUT2D eigenvalue weighted by Gasteiger charge is -2.10. The highest BCUT2D eigenvalue weighted by molar-refractivity contribution is 5.99. The van der Waals surface area contributed by atoms with Gasteiger partial charge in [0.1, 0.15) is 5.82 Å². The summed E-state index contributed by atoms with van der Waals surface area (Å²) in [5.41, 5.74) is 9.62. The van der Waals surface area contributed by atoms with Crippen LogP contribution in [0, 0.1) is 5.82 Å². The average Bonchev–Trinajstić information content (AvgIpc) is 2.77. The molecule has 1 aliphatic rings. The number of primary amides is 1. The molecule has 0 fully saturated rings. The van der Waals surface area contributed by atoms with Crippen molar-refractivity contribution in [3.05, 3.63) is 65.0 Å². The number of amides is 1. The summed E-state index contributed by atoms with van der Waals surface area (Å²) in [5.74, 6) is -1.06. The molecule has 3 rings (SSSR count). The molecule has 0 heterocycles. The van der Waals surface area contributed by atoms with E-state index in [4.69, 9.17) is 5.73 Å². The monoisotopic (exact) mass is 253 g/mol. The minimum absolute atomic E-state index is 0.259. The van der Waals surface area contributed by atoms with Gasteiger partial charge in [-0.05, 0) is 34.7 Å².